The van der Waals surface area contributed by atoms with Crippen molar-refractivity contribution in [1.82, 2.24) is 0 Å². The smallest absolute Gasteiger partial charge is 0.186 e. The normalized spacial score (nSPS) is 27.5. The van der Waals surface area contributed by atoms with E-state index in [9.17, 15) is 0 Å². The molecule has 0 spiro atoms. The molecule has 2 saturated heterocycles. The average molecular weight is 491 g/mol. The second-order valence-corrected chi connectivity index (χ2v) is 9.63. The number of rotatable bonds is 8. The van der Waals surface area contributed by atoms with E-state index >= 15 is 0 Å². The van der Waals surface area contributed by atoms with Gasteiger partial charge in [-0.3, -0.25) is 0 Å². The Labute approximate surface area is 213 Å². The lowest BCUT2D eigenvalue weighted by Gasteiger charge is -2.43. The quantitative estimate of drug-likeness (QED) is 0.419. The van der Waals surface area contributed by atoms with Crippen LogP contribution < -0.4 is 0 Å². The van der Waals surface area contributed by atoms with Crippen LogP contribution >= 0.6 is 0 Å². The van der Waals surface area contributed by atoms with Crippen molar-refractivity contribution in [2.24, 2.45) is 0 Å². The van der Waals surface area contributed by atoms with Crippen LogP contribution in [0.4, 0.5) is 0 Å². The summed E-state index contributed by atoms with van der Waals surface area (Å²) < 4.78 is 37.3. The van der Waals surface area contributed by atoms with Gasteiger partial charge in [-0.2, -0.15) is 0 Å². The monoisotopic (exact) mass is 490 g/mol. The van der Waals surface area contributed by atoms with Crippen LogP contribution in [0.15, 0.2) is 91.0 Å². The fourth-order valence-electron chi connectivity index (χ4n) is 5.39. The van der Waals surface area contributed by atoms with Crippen LogP contribution in [0.5, 0.6) is 0 Å². The summed E-state index contributed by atoms with van der Waals surface area (Å²) >= 11 is 0. The molecule has 2 heterocycles. The van der Waals surface area contributed by atoms with Gasteiger partial charge in [0.15, 0.2) is 12.1 Å². The Morgan fingerprint density at radius 2 is 1.17 bits per heavy atom. The van der Waals surface area contributed by atoms with E-state index in [1.807, 2.05) is 68.4 Å². The number of fused-ring (bicyclic) bond motifs is 1. The lowest BCUT2D eigenvalue weighted by Crippen LogP contribution is -2.59. The van der Waals surface area contributed by atoms with Gasteiger partial charge in [-0.1, -0.05) is 91.0 Å². The molecule has 0 radical (unpaired) electrons. The van der Waals surface area contributed by atoms with Crippen molar-refractivity contribution in [3.8, 4) is 0 Å². The van der Waals surface area contributed by atoms with E-state index in [1.54, 1.807) is 14.2 Å². The number of benzene rings is 3. The molecule has 0 aromatic heterocycles. The highest BCUT2D eigenvalue weighted by molar-refractivity contribution is 5.47. The zero-order chi connectivity index (χ0) is 25.2. The molecular weight excluding hydrogens is 456 g/mol. The molecule has 5 rings (SSSR count). The van der Waals surface area contributed by atoms with Crippen molar-refractivity contribution in [3.63, 3.8) is 0 Å². The highest BCUT2D eigenvalue weighted by Gasteiger charge is 2.56. The van der Waals surface area contributed by atoms with Crippen molar-refractivity contribution in [2.45, 2.75) is 55.9 Å². The minimum Gasteiger partial charge on any atom is -0.373 e. The number of hydrogen-bond donors (Lipinski definition) is 0. The Bertz CT molecular complexity index is 1010. The topological polar surface area (TPSA) is 55.4 Å². The van der Waals surface area contributed by atoms with Gasteiger partial charge in [0, 0.05) is 14.2 Å². The number of ether oxygens (including phenoxy) is 6. The van der Waals surface area contributed by atoms with Crippen molar-refractivity contribution in [3.05, 3.63) is 108 Å². The first kappa shape index (κ1) is 25.1. The Morgan fingerprint density at radius 3 is 1.61 bits per heavy atom. The molecule has 2 aliphatic rings. The SMILES string of the molecule is COC1C2OC(C)(C)O[C@H]2C(COC(c2ccccc2)(c2ccccc2)c2ccccc2)O[C@@H]1OC. The van der Waals surface area contributed by atoms with Crippen LogP contribution in [0.1, 0.15) is 30.5 Å². The molecule has 6 heteroatoms. The highest BCUT2D eigenvalue weighted by atomic mass is 16.8. The van der Waals surface area contributed by atoms with Crippen LogP contribution in [-0.4, -0.2) is 57.3 Å². The van der Waals surface area contributed by atoms with Crippen molar-refractivity contribution in [2.75, 3.05) is 20.8 Å². The first-order valence-electron chi connectivity index (χ1n) is 12.4. The fraction of sp³-hybridized carbons (Fsp3) is 0.400. The molecule has 5 atom stereocenters. The summed E-state index contributed by atoms with van der Waals surface area (Å²) in [5.74, 6) is -0.772. The molecule has 2 aliphatic heterocycles. The second-order valence-electron chi connectivity index (χ2n) is 9.63. The van der Waals surface area contributed by atoms with E-state index in [-0.39, 0.29) is 18.8 Å². The fourth-order valence-corrected chi connectivity index (χ4v) is 5.39. The molecule has 36 heavy (non-hydrogen) atoms. The van der Waals surface area contributed by atoms with Gasteiger partial charge in [-0.15, -0.1) is 0 Å². The lowest BCUT2D eigenvalue weighted by atomic mass is 9.80. The molecule has 2 fully saturated rings. The van der Waals surface area contributed by atoms with Gasteiger partial charge < -0.3 is 28.4 Å². The summed E-state index contributed by atoms with van der Waals surface area (Å²) in [5, 5.41) is 0. The van der Waals surface area contributed by atoms with Gasteiger partial charge in [0.1, 0.15) is 30.0 Å². The molecule has 0 amide bonds. The second kappa shape index (κ2) is 10.4. The molecule has 0 bridgehead atoms. The first-order chi connectivity index (χ1) is 17.5. The molecule has 3 aromatic rings. The number of hydrogen-bond acceptors (Lipinski definition) is 6. The maximum Gasteiger partial charge on any atom is 0.186 e. The minimum atomic E-state index is -0.863. The summed E-state index contributed by atoms with van der Waals surface area (Å²) in [6, 6.07) is 30.8. The Balaban J connectivity index is 1.55. The predicted octanol–water partition coefficient (Wildman–Crippen LogP) is 4.90. The van der Waals surface area contributed by atoms with Gasteiger partial charge >= 0.3 is 0 Å². The van der Waals surface area contributed by atoms with Crippen LogP contribution in [0, 0.1) is 0 Å². The molecular formula is C30H34O6. The van der Waals surface area contributed by atoms with Crippen LogP contribution in [-0.2, 0) is 34.0 Å². The number of methoxy groups -OCH3 is 2. The largest absolute Gasteiger partial charge is 0.373 e. The van der Waals surface area contributed by atoms with Gasteiger partial charge in [0.2, 0.25) is 0 Å². The van der Waals surface area contributed by atoms with Crippen molar-refractivity contribution < 1.29 is 28.4 Å². The molecule has 3 unspecified atom stereocenters. The summed E-state index contributed by atoms with van der Waals surface area (Å²) in [4.78, 5) is 0. The maximum absolute atomic E-state index is 7.01. The van der Waals surface area contributed by atoms with E-state index in [0.717, 1.165) is 16.7 Å². The molecule has 0 saturated carbocycles. The summed E-state index contributed by atoms with van der Waals surface area (Å²) in [6.07, 6.45) is -2.20. The lowest BCUT2D eigenvalue weighted by molar-refractivity contribution is -0.284. The average Bonchev–Trinajstić information content (AvgIpc) is 3.25. The van der Waals surface area contributed by atoms with Crippen LogP contribution in [0.3, 0.4) is 0 Å². The maximum atomic E-state index is 7.01. The third-order valence-electron chi connectivity index (χ3n) is 6.94. The van der Waals surface area contributed by atoms with Gasteiger partial charge in [-0.05, 0) is 30.5 Å². The van der Waals surface area contributed by atoms with Crippen LogP contribution in [0.25, 0.3) is 0 Å². The molecule has 0 N–H and O–H groups in total. The predicted molar refractivity (Wildman–Crippen MR) is 135 cm³/mol. The van der Waals surface area contributed by atoms with Gasteiger partial charge in [-0.25, -0.2) is 0 Å². The Morgan fingerprint density at radius 1 is 0.694 bits per heavy atom. The molecule has 0 aliphatic carbocycles. The standard InChI is InChI=1S/C30H34O6/c1-29(2)35-25-24(34-28(32-4)27(31-3)26(25)36-29)20-33-30(21-14-8-5-9-15-21,22-16-10-6-11-17-22)23-18-12-7-13-19-23/h5-19,24-28H,20H2,1-4H3/t24?,25-,26?,27?,28-/m0/s1. The van der Waals surface area contributed by atoms with Crippen molar-refractivity contribution in [1.29, 1.82) is 0 Å². The molecule has 3 aromatic carbocycles. The zero-order valence-corrected chi connectivity index (χ0v) is 21.2. The highest BCUT2D eigenvalue weighted by Crippen LogP contribution is 2.43. The minimum absolute atomic E-state index is 0.246. The third-order valence-corrected chi connectivity index (χ3v) is 6.94. The zero-order valence-electron chi connectivity index (χ0n) is 21.2. The summed E-state index contributed by atoms with van der Waals surface area (Å²) in [7, 11) is 3.24. The van der Waals surface area contributed by atoms with Crippen molar-refractivity contribution >= 4 is 0 Å². The molecule has 6 nitrogen and oxygen atoms in total. The van der Waals surface area contributed by atoms with E-state index in [2.05, 4.69) is 36.4 Å². The van der Waals surface area contributed by atoms with E-state index in [1.165, 1.54) is 0 Å². The Kier molecular flexibility index (Phi) is 7.26. The van der Waals surface area contributed by atoms with E-state index in [4.69, 9.17) is 28.4 Å². The summed E-state index contributed by atoms with van der Waals surface area (Å²) in [6.45, 7) is 4.05. The van der Waals surface area contributed by atoms with Crippen LogP contribution in [0.2, 0.25) is 0 Å². The van der Waals surface area contributed by atoms with E-state index in [0.29, 0.717) is 0 Å². The van der Waals surface area contributed by atoms with Gasteiger partial charge in [0.05, 0.1) is 6.61 Å². The summed E-state index contributed by atoms with van der Waals surface area (Å²) in [5.41, 5.74) is 2.21. The first-order valence-corrected chi connectivity index (χ1v) is 12.4. The van der Waals surface area contributed by atoms with E-state index < -0.39 is 29.9 Å². The third kappa shape index (κ3) is 4.61. The Hall–Kier alpha value is -2.58. The molecule has 190 valence electrons. The van der Waals surface area contributed by atoms with Gasteiger partial charge in [0.25, 0.3) is 0 Å².